The number of nitrogens with two attached hydrogens (primary N) is 1. The van der Waals surface area contributed by atoms with Gasteiger partial charge in [0.2, 0.25) is 15.9 Å². The van der Waals surface area contributed by atoms with E-state index in [1.54, 1.807) is 6.92 Å². The zero-order valence-electron chi connectivity index (χ0n) is 10.8. The third-order valence-electron chi connectivity index (χ3n) is 2.56. The molecule has 1 aromatic rings. The lowest BCUT2D eigenvalue weighted by Crippen LogP contribution is -2.38. The van der Waals surface area contributed by atoms with Crippen LogP contribution in [0.2, 0.25) is 0 Å². The summed E-state index contributed by atoms with van der Waals surface area (Å²) in [5, 5.41) is 0. The number of sulfonamides is 1. The van der Waals surface area contributed by atoms with Gasteiger partial charge in [-0.25, -0.2) is 8.42 Å². The van der Waals surface area contributed by atoms with Crippen molar-refractivity contribution in [2.75, 3.05) is 13.1 Å². The molecule has 2 N–H and O–H groups in total. The quantitative estimate of drug-likeness (QED) is 0.764. The van der Waals surface area contributed by atoms with Gasteiger partial charge in [0, 0.05) is 12.1 Å². The molecule has 0 aromatic heterocycles. The maximum Gasteiger partial charge on any atom is 0.243 e. The predicted molar refractivity (Wildman–Crippen MR) is 70.1 cm³/mol. The smallest absolute Gasteiger partial charge is 0.243 e. The average molecular weight is 284 g/mol. The highest BCUT2D eigenvalue weighted by molar-refractivity contribution is 7.89. The molecule has 7 heteroatoms. The van der Waals surface area contributed by atoms with Gasteiger partial charge >= 0.3 is 0 Å². The van der Waals surface area contributed by atoms with Gasteiger partial charge in [0.25, 0.3) is 0 Å². The molecule has 0 saturated carbocycles. The molecule has 0 unspecified atom stereocenters. The summed E-state index contributed by atoms with van der Waals surface area (Å²) in [4.78, 5) is 22.1. The van der Waals surface area contributed by atoms with Crippen LogP contribution >= 0.6 is 0 Å². The molecule has 6 nitrogen and oxygen atoms in total. The maximum atomic E-state index is 12.3. The molecule has 1 aromatic carbocycles. The van der Waals surface area contributed by atoms with Gasteiger partial charge in [0.05, 0.1) is 11.4 Å². The molecule has 0 saturated heterocycles. The van der Waals surface area contributed by atoms with Crippen molar-refractivity contribution >= 4 is 21.7 Å². The first kappa shape index (κ1) is 15.3. The van der Waals surface area contributed by atoms with E-state index in [2.05, 4.69) is 0 Å². The van der Waals surface area contributed by atoms with Crippen molar-refractivity contribution in [3.05, 3.63) is 29.8 Å². The Hall–Kier alpha value is -1.73. The van der Waals surface area contributed by atoms with Crippen molar-refractivity contribution in [1.29, 1.82) is 0 Å². The third kappa shape index (κ3) is 3.62. The molecule has 0 heterocycles. The van der Waals surface area contributed by atoms with Gasteiger partial charge in [-0.05, 0) is 19.1 Å². The Morgan fingerprint density at radius 2 is 1.95 bits per heavy atom. The minimum absolute atomic E-state index is 0.0247. The normalized spacial score (nSPS) is 11.5. The van der Waals surface area contributed by atoms with Gasteiger partial charge < -0.3 is 5.73 Å². The lowest BCUT2D eigenvalue weighted by Gasteiger charge is -2.19. The summed E-state index contributed by atoms with van der Waals surface area (Å²) in [6, 6.07) is 5.69. The van der Waals surface area contributed by atoms with Crippen LogP contribution in [-0.2, 0) is 14.8 Å². The number of nitrogens with zero attached hydrogens (tertiary/aromatic N) is 1. The third-order valence-corrected chi connectivity index (χ3v) is 4.48. The summed E-state index contributed by atoms with van der Waals surface area (Å²) in [6.07, 6.45) is 0. The van der Waals surface area contributed by atoms with Crippen LogP contribution in [-0.4, -0.2) is 37.5 Å². The topological polar surface area (TPSA) is 97.5 Å². The molecular formula is C12H16N2O4S. The molecule has 19 heavy (non-hydrogen) atoms. The lowest BCUT2D eigenvalue weighted by molar-refractivity contribution is -0.118. The van der Waals surface area contributed by atoms with Crippen LogP contribution in [0.3, 0.4) is 0 Å². The van der Waals surface area contributed by atoms with E-state index in [9.17, 15) is 18.0 Å². The average Bonchev–Trinajstić information content (AvgIpc) is 2.35. The SMILES string of the molecule is CCN(CC(N)=O)S(=O)(=O)c1cccc(C(C)=O)c1. The second-order valence-corrected chi connectivity index (χ2v) is 5.92. The van der Waals surface area contributed by atoms with Crippen LogP contribution in [0.5, 0.6) is 0 Å². The monoisotopic (exact) mass is 284 g/mol. The minimum Gasteiger partial charge on any atom is -0.369 e. The minimum atomic E-state index is -3.82. The molecule has 104 valence electrons. The van der Waals surface area contributed by atoms with Crippen LogP contribution in [0.1, 0.15) is 24.2 Å². The first-order valence-corrected chi connectivity index (χ1v) is 7.12. The fraction of sp³-hybridized carbons (Fsp3) is 0.333. The highest BCUT2D eigenvalue weighted by Gasteiger charge is 2.24. The van der Waals surface area contributed by atoms with Gasteiger partial charge in [0.1, 0.15) is 0 Å². The van der Waals surface area contributed by atoms with Crippen LogP contribution in [0.15, 0.2) is 29.2 Å². The second kappa shape index (κ2) is 5.94. The molecule has 1 rings (SSSR count). The number of carbonyl (C=O) groups excluding carboxylic acids is 2. The van der Waals surface area contributed by atoms with E-state index in [0.717, 1.165) is 4.31 Å². The molecular weight excluding hydrogens is 268 g/mol. The Balaban J connectivity index is 3.21. The van der Waals surface area contributed by atoms with E-state index < -0.39 is 15.9 Å². The Labute approximate surface area is 112 Å². The zero-order chi connectivity index (χ0) is 14.6. The summed E-state index contributed by atoms with van der Waals surface area (Å²) >= 11 is 0. The number of benzene rings is 1. The molecule has 1 amide bonds. The van der Waals surface area contributed by atoms with Gasteiger partial charge in [-0.15, -0.1) is 0 Å². The molecule has 0 aliphatic heterocycles. The van der Waals surface area contributed by atoms with E-state index in [1.807, 2.05) is 0 Å². The van der Waals surface area contributed by atoms with Crippen LogP contribution in [0.4, 0.5) is 0 Å². The number of amides is 1. The molecule has 0 bridgehead atoms. The molecule has 0 radical (unpaired) electrons. The summed E-state index contributed by atoms with van der Waals surface area (Å²) in [6.45, 7) is 2.70. The van der Waals surface area contributed by atoms with Gasteiger partial charge in [-0.1, -0.05) is 19.1 Å². The van der Waals surface area contributed by atoms with Crippen molar-refractivity contribution < 1.29 is 18.0 Å². The molecule has 0 fully saturated rings. The Bertz CT molecular complexity index is 596. The van der Waals surface area contributed by atoms with Crippen LogP contribution < -0.4 is 5.73 Å². The number of hydrogen-bond donors (Lipinski definition) is 1. The number of ketones is 1. The lowest BCUT2D eigenvalue weighted by atomic mass is 10.2. The standard InChI is InChI=1S/C12H16N2O4S/c1-3-14(8-12(13)16)19(17,18)11-6-4-5-10(7-11)9(2)15/h4-7H,3,8H2,1-2H3,(H2,13,16). The number of carbonyl (C=O) groups is 2. The molecule has 0 atom stereocenters. The van der Waals surface area contributed by atoms with Crippen LogP contribution in [0.25, 0.3) is 0 Å². The zero-order valence-corrected chi connectivity index (χ0v) is 11.6. The van der Waals surface area contributed by atoms with E-state index in [1.165, 1.54) is 31.2 Å². The molecule has 0 aliphatic rings. The molecule has 0 aliphatic carbocycles. The largest absolute Gasteiger partial charge is 0.369 e. The number of Topliss-reactive ketones (excluding diaryl/α,β-unsaturated/α-hetero) is 1. The van der Waals surface area contributed by atoms with Crippen molar-refractivity contribution in [1.82, 2.24) is 4.31 Å². The fourth-order valence-electron chi connectivity index (χ4n) is 1.57. The number of likely N-dealkylation sites (N-methyl/N-ethyl adjacent to an activating group) is 1. The summed E-state index contributed by atoms with van der Waals surface area (Å²) in [7, 11) is -3.82. The maximum absolute atomic E-state index is 12.3. The van der Waals surface area contributed by atoms with Crippen molar-refractivity contribution in [2.24, 2.45) is 5.73 Å². The number of primary amides is 1. The van der Waals surface area contributed by atoms with Crippen LogP contribution in [0, 0.1) is 0 Å². The van der Waals surface area contributed by atoms with E-state index in [0.29, 0.717) is 5.56 Å². The Morgan fingerprint density at radius 1 is 1.32 bits per heavy atom. The van der Waals surface area contributed by atoms with Gasteiger partial charge in [-0.2, -0.15) is 4.31 Å². The first-order chi connectivity index (χ1) is 8.78. The van der Waals surface area contributed by atoms with Gasteiger partial charge in [0.15, 0.2) is 5.78 Å². The summed E-state index contributed by atoms with van der Waals surface area (Å²) in [5.41, 5.74) is 5.32. The number of rotatable bonds is 6. The fourth-order valence-corrected chi connectivity index (χ4v) is 3.03. The summed E-state index contributed by atoms with van der Waals surface area (Å²) < 4.78 is 25.5. The first-order valence-electron chi connectivity index (χ1n) is 5.68. The highest BCUT2D eigenvalue weighted by Crippen LogP contribution is 2.17. The van der Waals surface area contributed by atoms with Crippen molar-refractivity contribution in [3.8, 4) is 0 Å². The van der Waals surface area contributed by atoms with E-state index in [-0.39, 0.29) is 23.8 Å². The predicted octanol–water partition coefficient (Wildman–Crippen LogP) is 0.385. The van der Waals surface area contributed by atoms with E-state index >= 15 is 0 Å². The van der Waals surface area contributed by atoms with Gasteiger partial charge in [-0.3, -0.25) is 9.59 Å². The van der Waals surface area contributed by atoms with E-state index in [4.69, 9.17) is 5.73 Å². The van der Waals surface area contributed by atoms with Crippen molar-refractivity contribution in [3.63, 3.8) is 0 Å². The Morgan fingerprint density at radius 3 is 2.42 bits per heavy atom. The van der Waals surface area contributed by atoms with Crippen molar-refractivity contribution in [2.45, 2.75) is 18.7 Å². The number of hydrogen-bond acceptors (Lipinski definition) is 4. The Kier molecular flexibility index (Phi) is 4.79. The summed E-state index contributed by atoms with van der Waals surface area (Å²) in [5.74, 6) is -0.955. The highest BCUT2D eigenvalue weighted by atomic mass is 32.2. The second-order valence-electron chi connectivity index (χ2n) is 3.98. The molecule has 0 spiro atoms.